The van der Waals surface area contributed by atoms with Crippen molar-refractivity contribution in [2.75, 3.05) is 18.4 Å². The normalized spacial score (nSPS) is 14.4. The predicted molar refractivity (Wildman–Crippen MR) is 112 cm³/mol. The Morgan fingerprint density at radius 2 is 1.80 bits per heavy atom. The van der Waals surface area contributed by atoms with E-state index in [1.54, 1.807) is 38.5 Å². The van der Waals surface area contributed by atoms with Crippen molar-refractivity contribution in [2.45, 2.75) is 39.7 Å². The number of rotatable bonds is 5. The number of carbonyl (C=O) groups excluding carboxylic acids is 3. The van der Waals surface area contributed by atoms with Crippen LogP contribution < -0.4 is 16.0 Å². The molecule has 1 aromatic carbocycles. The molecular formula is C22H27FN4O3. The fraction of sp³-hybridized carbons (Fsp3) is 0.409. The first-order valence-electron chi connectivity index (χ1n) is 10.00. The van der Waals surface area contributed by atoms with Crippen LogP contribution in [0, 0.1) is 26.6 Å². The summed E-state index contributed by atoms with van der Waals surface area (Å²) in [5.74, 6) is -2.09. The molecular weight excluding hydrogens is 387 g/mol. The number of anilines is 1. The first-order valence-corrected chi connectivity index (χ1v) is 10.00. The van der Waals surface area contributed by atoms with Gasteiger partial charge in [-0.3, -0.25) is 14.4 Å². The van der Waals surface area contributed by atoms with Crippen molar-refractivity contribution in [3.05, 3.63) is 52.1 Å². The maximum atomic E-state index is 13.5. The molecule has 1 aliphatic rings. The van der Waals surface area contributed by atoms with E-state index in [9.17, 15) is 18.8 Å². The zero-order chi connectivity index (χ0) is 22.0. The van der Waals surface area contributed by atoms with Crippen molar-refractivity contribution in [1.29, 1.82) is 0 Å². The monoisotopic (exact) mass is 414 g/mol. The molecule has 30 heavy (non-hydrogen) atoms. The number of carbonyl (C=O) groups is 3. The van der Waals surface area contributed by atoms with Gasteiger partial charge in [-0.1, -0.05) is 0 Å². The lowest BCUT2D eigenvalue weighted by Gasteiger charge is -2.23. The molecule has 7 nitrogen and oxygen atoms in total. The molecule has 0 atom stereocenters. The summed E-state index contributed by atoms with van der Waals surface area (Å²) < 4.78 is 15.1. The lowest BCUT2D eigenvalue weighted by Crippen LogP contribution is -2.45. The number of hydrogen-bond acceptors (Lipinski definition) is 4. The SMILES string of the molecule is Cc1cc(NC(=O)c2c(C)c(C(=O)C(=O)NC3CCNCC3)n(C)c2C)ccc1F. The number of benzene rings is 1. The molecule has 1 aromatic heterocycles. The quantitative estimate of drug-likeness (QED) is 0.518. The highest BCUT2D eigenvalue weighted by molar-refractivity contribution is 6.43. The second kappa shape index (κ2) is 8.79. The number of halogens is 1. The summed E-state index contributed by atoms with van der Waals surface area (Å²) >= 11 is 0. The van der Waals surface area contributed by atoms with Gasteiger partial charge in [0.1, 0.15) is 5.82 Å². The smallest absolute Gasteiger partial charge is 0.294 e. The van der Waals surface area contributed by atoms with E-state index in [1.807, 2.05) is 0 Å². The third-order valence-electron chi connectivity index (χ3n) is 5.67. The number of nitrogens with one attached hydrogen (secondary N) is 3. The summed E-state index contributed by atoms with van der Waals surface area (Å²) in [5.41, 5.74) is 2.41. The first-order chi connectivity index (χ1) is 14.2. The molecule has 3 N–H and O–H groups in total. The van der Waals surface area contributed by atoms with Crippen LogP contribution in [0.3, 0.4) is 0 Å². The Bertz CT molecular complexity index is 1010. The van der Waals surface area contributed by atoms with Crippen molar-refractivity contribution in [1.82, 2.24) is 15.2 Å². The average Bonchev–Trinajstić information content (AvgIpc) is 2.93. The number of ketones is 1. The number of nitrogens with zero attached hydrogens (tertiary/aromatic N) is 1. The molecule has 0 bridgehead atoms. The average molecular weight is 414 g/mol. The Balaban J connectivity index is 1.83. The topological polar surface area (TPSA) is 92.2 Å². The van der Waals surface area contributed by atoms with E-state index < -0.39 is 17.6 Å². The lowest BCUT2D eigenvalue weighted by molar-refractivity contribution is -0.117. The van der Waals surface area contributed by atoms with Crippen LogP contribution in [-0.2, 0) is 11.8 Å². The summed E-state index contributed by atoms with van der Waals surface area (Å²) in [7, 11) is 1.66. The zero-order valence-corrected chi connectivity index (χ0v) is 17.7. The molecule has 2 heterocycles. The van der Waals surface area contributed by atoms with Crippen LogP contribution in [-0.4, -0.2) is 41.3 Å². The van der Waals surface area contributed by atoms with Gasteiger partial charge in [-0.05, 0) is 76.0 Å². The Kier molecular flexibility index (Phi) is 6.36. The first kappa shape index (κ1) is 21.7. The standard InChI is InChI=1S/C22H27FN4O3/c1-12-11-16(5-6-17(12)23)26-21(29)18-13(2)19(27(4)14(18)3)20(28)22(30)25-15-7-9-24-10-8-15/h5-6,11,15,24H,7-10H2,1-4H3,(H,25,30)(H,26,29). The molecule has 160 valence electrons. The highest BCUT2D eigenvalue weighted by Crippen LogP contribution is 2.24. The van der Waals surface area contributed by atoms with E-state index in [2.05, 4.69) is 16.0 Å². The minimum Gasteiger partial charge on any atom is -0.346 e. The van der Waals surface area contributed by atoms with Gasteiger partial charge in [0.15, 0.2) is 0 Å². The molecule has 0 aliphatic carbocycles. The van der Waals surface area contributed by atoms with Crippen LogP contribution in [0.2, 0.25) is 0 Å². The molecule has 8 heteroatoms. The highest BCUT2D eigenvalue weighted by atomic mass is 19.1. The van der Waals surface area contributed by atoms with Gasteiger partial charge in [0.25, 0.3) is 17.6 Å². The lowest BCUT2D eigenvalue weighted by atomic mass is 10.0. The maximum Gasteiger partial charge on any atom is 0.294 e. The van der Waals surface area contributed by atoms with Crippen LogP contribution in [0.5, 0.6) is 0 Å². The van der Waals surface area contributed by atoms with Crippen LogP contribution in [0.1, 0.15) is 50.5 Å². The Labute approximate surface area is 175 Å². The summed E-state index contributed by atoms with van der Waals surface area (Å²) in [5, 5.41) is 8.76. The molecule has 1 aliphatic heterocycles. The van der Waals surface area contributed by atoms with Crippen LogP contribution >= 0.6 is 0 Å². The van der Waals surface area contributed by atoms with Crippen molar-refractivity contribution in [2.24, 2.45) is 7.05 Å². The molecule has 0 saturated carbocycles. The largest absolute Gasteiger partial charge is 0.346 e. The molecule has 1 fully saturated rings. The van der Waals surface area contributed by atoms with Crippen molar-refractivity contribution in [3.63, 3.8) is 0 Å². The predicted octanol–water partition coefficient (Wildman–Crippen LogP) is 2.39. The number of amides is 2. The van der Waals surface area contributed by atoms with E-state index >= 15 is 0 Å². The third-order valence-corrected chi connectivity index (χ3v) is 5.67. The fourth-order valence-corrected chi connectivity index (χ4v) is 3.87. The molecule has 2 aromatic rings. The Morgan fingerprint density at radius 3 is 2.43 bits per heavy atom. The van der Waals surface area contributed by atoms with Crippen molar-refractivity contribution in [3.8, 4) is 0 Å². The van der Waals surface area contributed by atoms with Gasteiger partial charge < -0.3 is 20.5 Å². The van der Waals surface area contributed by atoms with Gasteiger partial charge in [0.05, 0.1) is 11.3 Å². The summed E-state index contributed by atoms with van der Waals surface area (Å²) in [4.78, 5) is 38.3. The number of Topliss-reactive ketones (excluding diaryl/α,β-unsaturated/α-hetero) is 1. The summed E-state index contributed by atoms with van der Waals surface area (Å²) in [6.07, 6.45) is 1.55. The minimum absolute atomic E-state index is 0.0335. The van der Waals surface area contributed by atoms with Gasteiger partial charge in [-0.2, -0.15) is 0 Å². The van der Waals surface area contributed by atoms with Gasteiger partial charge in [0.2, 0.25) is 0 Å². The van der Waals surface area contributed by atoms with E-state index in [0.717, 1.165) is 25.9 Å². The van der Waals surface area contributed by atoms with Gasteiger partial charge in [-0.25, -0.2) is 4.39 Å². The van der Waals surface area contributed by atoms with Crippen LogP contribution in [0.25, 0.3) is 0 Å². The van der Waals surface area contributed by atoms with E-state index in [0.29, 0.717) is 28.1 Å². The van der Waals surface area contributed by atoms with Crippen molar-refractivity contribution < 1.29 is 18.8 Å². The van der Waals surface area contributed by atoms with Gasteiger partial charge >= 0.3 is 0 Å². The second-order valence-electron chi connectivity index (χ2n) is 7.74. The van der Waals surface area contributed by atoms with Gasteiger partial charge in [0, 0.05) is 24.5 Å². The molecule has 2 amide bonds. The van der Waals surface area contributed by atoms with Gasteiger partial charge in [-0.15, -0.1) is 0 Å². The molecule has 0 unspecified atom stereocenters. The Morgan fingerprint density at radius 1 is 1.13 bits per heavy atom. The molecule has 1 saturated heterocycles. The number of aryl methyl sites for hydroxylation is 1. The van der Waals surface area contributed by atoms with Crippen LogP contribution in [0.15, 0.2) is 18.2 Å². The maximum absolute atomic E-state index is 13.5. The molecule has 3 rings (SSSR count). The van der Waals surface area contributed by atoms with Crippen molar-refractivity contribution >= 4 is 23.3 Å². The minimum atomic E-state index is -0.660. The number of aromatic nitrogens is 1. The highest BCUT2D eigenvalue weighted by Gasteiger charge is 2.29. The number of piperidine rings is 1. The summed E-state index contributed by atoms with van der Waals surface area (Å²) in [6, 6.07) is 4.27. The fourth-order valence-electron chi connectivity index (χ4n) is 3.87. The van der Waals surface area contributed by atoms with E-state index in [4.69, 9.17) is 0 Å². The number of hydrogen-bond donors (Lipinski definition) is 3. The molecule has 0 spiro atoms. The second-order valence-corrected chi connectivity index (χ2v) is 7.74. The summed E-state index contributed by atoms with van der Waals surface area (Å²) in [6.45, 7) is 6.59. The Hall–Kier alpha value is -3.00. The van der Waals surface area contributed by atoms with E-state index in [1.165, 1.54) is 12.1 Å². The van der Waals surface area contributed by atoms with E-state index in [-0.39, 0.29) is 17.6 Å². The van der Waals surface area contributed by atoms with Crippen LogP contribution in [0.4, 0.5) is 10.1 Å². The molecule has 0 radical (unpaired) electrons. The third kappa shape index (κ3) is 4.28. The zero-order valence-electron chi connectivity index (χ0n) is 17.7.